The Morgan fingerprint density at radius 1 is 0.885 bits per heavy atom. The molecule has 0 fully saturated rings. The smallest absolute Gasteiger partial charge is 0.338 e. The average molecular weight is 357 g/mol. The standard InChI is InChI=1S/C19H19NO6/c1-20(15-7-5-4-6-8-15)12-17(21)26-16-10-13(18(22)24-2)9-14(11-16)19(23)25-3/h4-11H,12H2,1-3H3. The normalized spacial score (nSPS) is 9.96. The Bertz CT molecular complexity index is 769. The molecule has 0 radical (unpaired) electrons. The number of benzene rings is 2. The first-order chi connectivity index (χ1) is 12.4. The second kappa shape index (κ2) is 8.66. The molecule has 0 aliphatic rings. The van der Waals surface area contributed by atoms with Crippen molar-refractivity contribution in [2.75, 3.05) is 32.7 Å². The van der Waals surface area contributed by atoms with Crippen molar-refractivity contribution in [3.05, 3.63) is 59.7 Å². The fourth-order valence-corrected chi connectivity index (χ4v) is 2.26. The molecule has 0 N–H and O–H groups in total. The van der Waals surface area contributed by atoms with E-state index in [1.54, 1.807) is 11.9 Å². The summed E-state index contributed by atoms with van der Waals surface area (Å²) >= 11 is 0. The van der Waals surface area contributed by atoms with E-state index in [4.69, 9.17) is 4.74 Å². The maximum Gasteiger partial charge on any atom is 0.338 e. The van der Waals surface area contributed by atoms with E-state index in [1.165, 1.54) is 32.4 Å². The number of rotatable bonds is 6. The summed E-state index contributed by atoms with van der Waals surface area (Å²) in [6, 6.07) is 13.3. The van der Waals surface area contributed by atoms with Crippen LogP contribution in [0.3, 0.4) is 0 Å². The minimum atomic E-state index is -0.658. The number of likely N-dealkylation sites (N-methyl/N-ethyl adjacent to an activating group) is 1. The summed E-state index contributed by atoms with van der Waals surface area (Å²) in [7, 11) is 4.18. The fraction of sp³-hybridized carbons (Fsp3) is 0.211. The van der Waals surface area contributed by atoms with Gasteiger partial charge in [-0.15, -0.1) is 0 Å². The Morgan fingerprint density at radius 2 is 1.42 bits per heavy atom. The minimum absolute atomic E-state index is 0.0139. The third-order valence-electron chi connectivity index (χ3n) is 3.54. The molecule has 7 nitrogen and oxygen atoms in total. The first kappa shape index (κ1) is 19.0. The molecule has 0 heterocycles. The molecule has 26 heavy (non-hydrogen) atoms. The van der Waals surface area contributed by atoms with Gasteiger partial charge in [-0.2, -0.15) is 0 Å². The van der Waals surface area contributed by atoms with E-state index in [0.717, 1.165) is 5.69 Å². The first-order valence-corrected chi connectivity index (χ1v) is 7.73. The number of hydrogen-bond donors (Lipinski definition) is 0. The molecule has 136 valence electrons. The van der Waals surface area contributed by atoms with Crippen LogP contribution < -0.4 is 9.64 Å². The van der Waals surface area contributed by atoms with Crippen molar-refractivity contribution in [1.29, 1.82) is 0 Å². The van der Waals surface area contributed by atoms with Crippen LogP contribution in [0.1, 0.15) is 20.7 Å². The molecule has 0 amide bonds. The van der Waals surface area contributed by atoms with Crippen molar-refractivity contribution in [2.45, 2.75) is 0 Å². The van der Waals surface area contributed by atoms with Crippen LogP contribution in [-0.2, 0) is 14.3 Å². The molecule has 0 aromatic heterocycles. The summed E-state index contributed by atoms with van der Waals surface area (Å²) < 4.78 is 14.6. The zero-order valence-electron chi connectivity index (χ0n) is 14.7. The van der Waals surface area contributed by atoms with Crippen LogP contribution in [0.4, 0.5) is 5.69 Å². The average Bonchev–Trinajstić information content (AvgIpc) is 2.66. The van der Waals surface area contributed by atoms with Gasteiger partial charge >= 0.3 is 17.9 Å². The third kappa shape index (κ3) is 4.83. The van der Waals surface area contributed by atoms with Crippen molar-refractivity contribution in [1.82, 2.24) is 0 Å². The number of nitrogens with zero attached hydrogens (tertiary/aromatic N) is 1. The van der Waals surface area contributed by atoms with Gasteiger partial charge in [0.05, 0.1) is 25.3 Å². The summed E-state index contributed by atoms with van der Waals surface area (Å²) in [5.74, 6) is -1.81. The number of carbonyl (C=O) groups excluding carboxylic acids is 3. The number of anilines is 1. The summed E-state index contributed by atoms with van der Waals surface area (Å²) in [4.78, 5) is 37.4. The lowest BCUT2D eigenvalue weighted by Crippen LogP contribution is -2.28. The van der Waals surface area contributed by atoms with E-state index in [0.29, 0.717) is 0 Å². The highest BCUT2D eigenvalue weighted by atomic mass is 16.5. The Kier molecular flexibility index (Phi) is 6.32. The van der Waals surface area contributed by atoms with Gasteiger partial charge in [0.25, 0.3) is 0 Å². The maximum atomic E-state index is 12.2. The number of ether oxygens (including phenoxy) is 3. The van der Waals surface area contributed by atoms with Gasteiger partial charge in [-0.25, -0.2) is 14.4 Å². The van der Waals surface area contributed by atoms with Gasteiger partial charge in [0.2, 0.25) is 0 Å². The Hall–Kier alpha value is -3.35. The second-order valence-corrected chi connectivity index (χ2v) is 5.39. The van der Waals surface area contributed by atoms with Gasteiger partial charge in [0.15, 0.2) is 0 Å². The summed E-state index contributed by atoms with van der Waals surface area (Å²) in [6.07, 6.45) is 0. The van der Waals surface area contributed by atoms with Gasteiger partial charge < -0.3 is 19.1 Å². The SMILES string of the molecule is COC(=O)c1cc(OC(=O)CN(C)c2ccccc2)cc(C(=O)OC)c1. The molecule has 0 aliphatic carbocycles. The van der Waals surface area contributed by atoms with Crippen LogP contribution in [0.25, 0.3) is 0 Å². The highest BCUT2D eigenvalue weighted by Crippen LogP contribution is 2.20. The van der Waals surface area contributed by atoms with Gasteiger partial charge in [-0.05, 0) is 30.3 Å². The number of para-hydroxylation sites is 1. The van der Waals surface area contributed by atoms with Crippen LogP contribution in [0.2, 0.25) is 0 Å². The fourth-order valence-electron chi connectivity index (χ4n) is 2.26. The lowest BCUT2D eigenvalue weighted by molar-refractivity contribution is -0.132. The van der Waals surface area contributed by atoms with Crippen molar-refractivity contribution >= 4 is 23.6 Å². The molecule has 2 rings (SSSR count). The van der Waals surface area contributed by atoms with Crippen LogP contribution in [0.5, 0.6) is 5.75 Å². The van der Waals surface area contributed by atoms with Crippen molar-refractivity contribution in [2.24, 2.45) is 0 Å². The predicted molar refractivity (Wildman–Crippen MR) is 94.5 cm³/mol. The maximum absolute atomic E-state index is 12.2. The van der Waals surface area contributed by atoms with Gasteiger partial charge in [0.1, 0.15) is 12.3 Å². The topological polar surface area (TPSA) is 82.1 Å². The minimum Gasteiger partial charge on any atom is -0.465 e. The lowest BCUT2D eigenvalue weighted by Gasteiger charge is -2.18. The van der Waals surface area contributed by atoms with Crippen LogP contribution in [-0.4, -0.2) is 45.7 Å². The highest BCUT2D eigenvalue weighted by Gasteiger charge is 2.17. The number of hydrogen-bond acceptors (Lipinski definition) is 7. The van der Waals surface area contributed by atoms with E-state index in [1.807, 2.05) is 30.3 Å². The molecule has 0 unspecified atom stereocenters. The molecule has 2 aromatic carbocycles. The molecule has 2 aromatic rings. The van der Waals surface area contributed by atoms with E-state index in [2.05, 4.69) is 9.47 Å². The number of carbonyl (C=O) groups is 3. The largest absolute Gasteiger partial charge is 0.465 e. The van der Waals surface area contributed by atoms with Crippen LogP contribution in [0, 0.1) is 0 Å². The van der Waals surface area contributed by atoms with Crippen molar-refractivity contribution < 1.29 is 28.6 Å². The quantitative estimate of drug-likeness (QED) is 0.579. The summed E-state index contributed by atoms with van der Waals surface area (Å²) in [5.41, 5.74) is 1.01. The summed E-state index contributed by atoms with van der Waals surface area (Å²) in [6.45, 7) is -0.0139. The van der Waals surface area contributed by atoms with E-state index >= 15 is 0 Å². The predicted octanol–water partition coefficient (Wildman–Crippen LogP) is 2.30. The molecule has 0 saturated heterocycles. The zero-order chi connectivity index (χ0) is 19.1. The summed E-state index contributed by atoms with van der Waals surface area (Å²) in [5, 5.41) is 0. The van der Waals surface area contributed by atoms with Gasteiger partial charge in [0, 0.05) is 12.7 Å². The molecule has 0 saturated carbocycles. The second-order valence-electron chi connectivity index (χ2n) is 5.39. The monoisotopic (exact) mass is 357 g/mol. The van der Waals surface area contributed by atoms with E-state index in [9.17, 15) is 14.4 Å². The van der Waals surface area contributed by atoms with Crippen molar-refractivity contribution in [3.63, 3.8) is 0 Å². The molecular formula is C19H19NO6. The zero-order valence-corrected chi connectivity index (χ0v) is 14.7. The lowest BCUT2D eigenvalue weighted by atomic mass is 10.1. The molecule has 0 aliphatic heterocycles. The van der Waals surface area contributed by atoms with Crippen LogP contribution in [0.15, 0.2) is 48.5 Å². The molecule has 0 spiro atoms. The Balaban J connectivity index is 2.17. The molecule has 0 bridgehead atoms. The number of esters is 3. The Morgan fingerprint density at radius 3 is 1.92 bits per heavy atom. The first-order valence-electron chi connectivity index (χ1n) is 7.73. The van der Waals surface area contributed by atoms with Crippen molar-refractivity contribution in [3.8, 4) is 5.75 Å². The Labute approximate surface area is 151 Å². The molecule has 7 heteroatoms. The molecular weight excluding hydrogens is 338 g/mol. The van der Waals surface area contributed by atoms with Gasteiger partial charge in [-0.3, -0.25) is 0 Å². The molecule has 0 atom stereocenters. The van der Waals surface area contributed by atoms with E-state index in [-0.39, 0.29) is 23.4 Å². The number of methoxy groups -OCH3 is 2. The highest BCUT2D eigenvalue weighted by molar-refractivity contribution is 5.96. The van der Waals surface area contributed by atoms with Crippen LogP contribution >= 0.6 is 0 Å². The third-order valence-corrected chi connectivity index (χ3v) is 3.54. The van der Waals surface area contributed by atoms with E-state index < -0.39 is 17.9 Å². The van der Waals surface area contributed by atoms with Gasteiger partial charge in [-0.1, -0.05) is 18.2 Å².